The van der Waals surface area contributed by atoms with Crippen LogP contribution in [-0.4, -0.2) is 9.97 Å². The van der Waals surface area contributed by atoms with Gasteiger partial charge in [-0.05, 0) is 72.0 Å². The maximum Gasteiger partial charge on any atom is 0.122 e. The quantitative estimate of drug-likeness (QED) is 0.168. The molecule has 0 saturated heterocycles. The summed E-state index contributed by atoms with van der Waals surface area (Å²) < 4.78 is 6.38. The van der Waals surface area contributed by atoms with Gasteiger partial charge in [0.2, 0.25) is 0 Å². The molecule has 6 aromatic rings. The van der Waals surface area contributed by atoms with Crippen LogP contribution in [0.15, 0.2) is 116 Å². The molecule has 0 fully saturated rings. The molecule has 1 radical (unpaired) electrons. The molecule has 4 heteroatoms. The number of rotatable bonds is 4. The first-order valence-corrected chi connectivity index (χ1v) is 14.7. The van der Waals surface area contributed by atoms with Crippen molar-refractivity contribution in [2.75, 3.05) is 0 Å². The van der Waals surface area contributed by atoms with E-state index in [0.717, 1.165) is 51.6 Å². The molecule has 0 aliphatic carbocycles. The summed E-state index contributed by atoms with van der Waals surface area (Å²) in [5.41, 5.74) is 12.2. The van der Waals surface area contributed by atoms with Gasteiger partial charge in [-0.25, -0.2) is 0 Å². The second-order valence-electron chi connectivity index (χ2n) is 11.4. The third-order valence-electron chi connectivity index (χ3n) is 7.42. The molecule has 0 unspecified atom stereocenters. The van der Waals surface area contributed by atoms with Gasteiger partial charge in [-0.3, -0.25) is 0 Å². The number of pyridine rings is 2. The largest absolute Gasteiger partial charge is 0.500 e. The van der Waals surface area contributed by atoms with E-state index in [1.165, 1.54) is 27.8 Å². The van der Waals surface area contributed by atoms with Crippen LogP contribution < -0.4 is 4.74 Å². The van der Waals surface area contributed by atoms with Crippen LogP contribution in [0.1, 0.15) is 30.5 Å². The third kappa shape index (κ3) is 7.05. The minimum absolute atomic E-state index is 0. The molecule has 3 nitrogen and oxygen atoms in total. The fourth-order valence-electron chi connectivity index (χ4n) is 5.33. The van der Waals surface area contributed by atoms with Gasteiger partial charge in [0.1, 0.15) is 5.75 Å². The van der Waals surface area contributed by atoms with Crippen LogP contribution in [0.5, 0.6) is 11.5 Å². The van der Waals surface area contributed by atoms with E-state index in [9.17, 15) is 0 Å². The molecule has 0 amide bonds. The summed E-state index contributed by atoms with van der Waals surface area (Å²) >= 11 is 0. The van der Waals surface area contributed by atoms with Crippen molar-refractivity contribution in [2.45, 2.75) is 34.1 Å². The maximum absolute atomic E-state index is 6.38. The van der Waals surface area contributed by atoms with Gasteiger partial charge in [-0.1, -0.05) is 79.6 Å². The van der Waals surface area contributed by atoms with Gasteiger partial charge in [0.05, 0.1) is 5.75 Å². The molecule has 0 atom stereocenters. The summed E-state index contributed by atoms with van der Waals surface area (Å²) in [6.07, 6.45) is 4.81. The monoisotopic (exact) mass is 751 g/mol. The third-order valence-corrected chi connectivity index (χ3v) is 7.42. The Morgan fingerprint density at radius 3 is 2.16 bits per heavy atom. The Hall–Kier alpha value is -4.37. The summed E-state index contributed by atoms with van der Waals surface area (Å²) in [5.74, 6) is 2.33. The van der Waals surface area contributed by atoms with Gasteiger partial charge in [0.15, 0.2) is 0 Å². The van der Waals surface area contributed by atoms with Crippen LogP contribution in [0.2, 0.25) is 0 Å². The molecule has 44 heavy (non-hydrogen) atoms. The average molecular weight is 751 g/mol. The summed E-state index contributed by atoms with van der Waals surface area (Å²) in [6.45, 7) is 8.60. The van der Waals surface area contributed by atoms with Gasteiger partial charge < -0.3 is 14.7 Å². The Bertz CT molecular complexity index is 1860. The molecule has 0 bridgehead atoms. The number of aromatic nitrogens is 2. The zero-order chi connectivity index (χ0) is 29.8. The summed E-state index contributed by atoms with van der Waals surface area (Å²) in [4.78, 5) is 8.94. The minimum atomic E-state index is 0. The topological polar surface area (TPSA) is 35.0 Å². The van der Waals surface area contributed by atoms with Crippen molar-refractivity contribution in [2.24, 2.45) is 5.92 Å². The van der Waals surface area contributed by atoms with Crippen LogP contribution in [-0.2, 0) is 26.5 Å². The number of aryl methyl sites for hydroxylation is 2. The Labute approximate surface area is 274 Å². The van der Waals surface area contributed by atoms with Crippen molar-refractivity contribution in [1.29, 1.82) is 0 Å². The predicted molar refractivity (Wildman–Crippen MR) is 176 cm³/mol. The summed E-state index contributed by atoms with van der Waals surface area (Å²) in [5, 5.41) is 0. The molecule has 4 aromatic carbocycles. The molecular formula is C40H34IrN2O-2. The van der Waals surface area contributed by atoms with E-state index >= 15 is 0 Å². The van der Waals surface area contributed by atoms with E-state index in [1.54, 1.807) is 0 Å². The normalized spacial score (nSPS) is 11.0. The van der Waals surface area contributed by atoms with Crippen LogP contribution in [0, 0.1) is 31.9 Å². The van der Waals surface area contributed by atoms with Crippen molar-refractivity contribution in [3.63, 3.8) is 0 Å². The predicted octanol–water partition coefficient (Wildman–Crippen LogP) is 10.4. The first-order valence-electron chi connectivity index (χ1n) is 14.7. The Morgan fingerprint density at radius 2 is 1.43 bits per heavy atom. The first kappa shape index (κ1) is 31.1. The molecule has 1 aliphatic heterocycles. The van der Waals surface area contributed by atoms with Crippen molar-refractivity contribution >= 4 is 0 Å². The fraction of sp³-hybridized carbons (Fsp3) is 0.150. The smallest absolute Gasteiger partial charge is 0.122 e. The molecule has 0 saturated carbocycles. The van der Waals surface area contributed by atoms with Gasteiger partial charge in [0, 0.05) is 38.1 Å². The van der Waals surface area contributed by atoms with Crippen molar-refractivity contribution in [3.05, 3.63) is 144 Å². The minimum Gasteiger partial charge on any atom is -0.500 e. The number of nitrogens with zero attached hydrogens (tertiary/aromatic N) is 2. The fourth-order valence-corrected chi connectivity index (χ4v) is 5.33. The van der Waals surface area contributed by atoms with Gasteiger partial charge >= 0.3 is 0 Å². The number of ether oxygens (including phenoxy) is 1. The number of hydrogen-bond donors (Lipinski definition) is 0. The van der Waals surface area contributed by atoms with E-state index in [4.69, 9.17) is 4.74 Å². The number of hydrogen-bond acceptors (Lipinski definition) is 3. The second-order valence-corrected chi connectivity index (χ2v) is 11.4. The zero-order valence-corrected chi connectivity index (χ0v) is 27.8. The van der Waals surface area contributed by atoms with Crippen molar-refractivity contribution < 1.29 is 24.8 Å². The van der Waals surface area contributed by atoms with Crippen LogP contribution in [0.4, 0.5) is 0 Å². The van der Waals surface area contributed by atoms with Crippen LogP contribution in [0.25, 0.3) is 44.8 Å². The van der Waals surface area contributed by atoms with E-state index in [1.807, 2.05) is 55.7 Å². The molecular weight excluding hydrogens is 717 g/mol. The molecule has 221 valence electrons. The molecule has 1 aliphatic rings. The standard InChI is InChI=1S/C28H24NO.C12H10N.Ir/c1-18(2)14-20-12-13-29-26(16-20)21-9-11-27-25(17-21)23-7-5-4-6-22(23)24-10-8-19(3)15-28(24)30-27;1-10-7-8-12(13-9-10)11-5-3-2-4-6-11;/h4-8,10-13,15-18H,14H2,1-3H3;2-5,7-9H,1H3;/q2*-1;. The van der Waals surface area contributed by atoms with Crippen LogP contribution in [0.3, 0.4) is 0 Å². The molecule has 2 aromatic heterocycles. The molecule has 0 N–H and O–H groups in total. The van der Waals surface area contributed by atoms with E-state index in [2.05, 4.69) is 110 Å². The van der Waals surface area contributed by atoms with E-state index in [0.29, 0.717) is 5.92 Å². The first-order chi connectivity index (χ1) is 20.9. The summed E-state index contributed by atoms with van der Waals surface area (Å²) in [7, 11) is 0. The zero-order valence-electron chi connectivity index (χ0n) is 25.4. The van der Waals surface area contributed by atoms with E-state index < -0.39 is 0 Å². The van der Waals surface area contributed by atoms with E-state index in [-0.39, 0.29) is 20.1 Å². The number of fused-ring (bicyclic) bond motifs is 5. The van der Waals surface area contributed by atoms with Gasteiger partial charge in [0.25, 0.3) is 0 Å². The SMILES string of the molecule is Cc1ccc(-c2[c-]cccc2)nc1.Cc1ccc2c(c1)Oc1c[c-]c(-c3cc(CC(C)C)ccn3)cc1-c1ccccc1-2.[Ir]. The average Bonchev–Trinajstić information content (AvgIpc) is 3.16. The Morgan fingerprint density at radius 1 is 0.659 bits per heavy atom. The van der Waals surface area contributed by atoms with Gasteiger partial charge in [-0.15, -0.1) is 59.7 Å². The van der Waals surface area contributed by atoms with Crippen molar-refractivity contribution in [1.82, 2.24) is 9.97 Å². The van der Waals surface area contributed by atoms with Crippen LogP contribution >= 0.6 is 0 Å². The Kier molecular flexibility index (Phi) is 9.85. The number of benzene rings is 4. The second kappa shape index (κ2) is 13.9. The molecule has 7 rings (SSSR count). The Balaban J connectivity index is 0.000000230. The van der Waals surface area contributed by atoms with Crippen molar-refractivity contribution in [3.8, 4) is 56.3 Å². The van der Waals surface area contributed by atoms with Gasteiger partial charge in [-0.2, -0.15) is 0 Å². The summed E-state index contributed by atoms with van der Waals surface area (Å²) in [6, 6.07) is 41.8. The molecule has 0 spiro atoms. The molecule has 3 heterocycles. The maximum atomic E-state index is 6.38.